The molecule has 0 fully saturated rings. The van der Waals surface area contributed by atoms with Crippen LogP contribution >= 0.6 is 12.4 Å². The van der Waals surface area contributed by atoms with E-state index in [0.717, 1.165) is 10.9 Å². The van der Waals surface area contributed by atoms with Crippen molar-refractivity contribution in [1.82, 2.24) is 24.8 Å². The van der Waals surface area contributed by atoms with Crippen LogP contribution in [0.1, 0.15) is 5.56 Å². The molecule has 1 N–H and O–H groups in total. The van der Waals surface area contributed by atoms with Crippen LogP contribution in [0.25, 0.3) is 16.6 Å². The van der Waals surface area contributed by atoms with Gasteiger partial charge < -0.3 is 5.32 Å². The molecule has 0 unspecified atom stereocenters. The maximum absolute atomic E-state index is 13.2. The Morgan fingerprint density at radius 1 is 0.935 bits per heavy atom. The van der Waals surface area contributed by atoms with E-state index in [2.05, 4.69) is 25.6 Å². The second-order valence-electron chi connectivity index (χ2n) is 6.64. The highest BCUT2D eigenvalue weighted by Crippen LogP contribution is 2.28. The molecule has 8 nitrogen and oxygen atoms in total. The number of nitrogens with one attached hydrogen (secondary N) is 1. The van der Waals surface area contributed by atoms with Crippen LogP contribution in [0.3, 0.4) is 0 Å². The minimum Gasteiger partial charge on any atom is -0.365 e. The van der Waals surface area contributed by atoms with Gasteiger partial charge in [0.05, 0.1) is 10.4 Å². The van der Waals surface area contributed by atoms with Crippen LogP contribution in [-0.2, 0) is 16.4 Å². The van der Waals surface area contributed by atoms with Crippen molar-refractivity contribution in [3.05, 3.63) is 84.7 Å². The van der Waals surface area contributed by atoms with Crippen LogP contribution in [-0.4, -0.2) is 33.2 Å². The van der Waals surface area contributed by atoms with Crippen LogP contribution in [0.2, 0.25) is 0 Å². The first-order valence-electron chi connectivity index (χ1n) is 9.22. The van der Waals surface area contributed by atoms with Gasteiger partial charge in [-0.25, -0.2) is 13.4 Å². The van der Waals surface area contributed by atoms with Crippen LogP contribution in [0.15, 0.2) is 89.0 Å². The molecule has 5 rings (SSSR count). The fourth-order valence-corrected chi connectivity index (χ4v) is 4.51. The fraction of sp³-hybridized carbons (Fsp3) is 0.0476. The van der Waals surface area contributed by atoms with Crippen LogP contribution < -0.4 is 5.32 Å². The number of nitrogens with zero attached hydrogens (tertiary/aromatic N) is 5. The second kappa shape index (κ2) is 8.29. The van der Waals surface area contributed by atoms with Crippen molar-refractivity contribution >= 4 is 44.6 Å². The van der Waals surface area contributed by atoms with Gasteiger partial charge >= 0.3 is 0 Å². The molecule has 5 aromatic rings. The van der Waals surface area contributed by atoms with Crippen molar-refractivity contribution in [2.24, 2.45) is 0 Å². The summed E-state index contributed by atoms with van der Waals surface area (Å²) in [5, 5.41) is 12.0. The van der Waals surface area contributed by atoms with Gasteiger partial charge in [-0.3, -0.25) is 4.98 Å². The van der Waals surface area contributed by atoms with E-state index in [9.17, 15) is 8.42 Å². The Labute approximate surface area is 184 Å². The van der Waals surface area contributed by atoms with E-state index in [1.807, 2.05) is 36.4 Å². The van der Waals surface area contributed by atoms with Gasteiger partial charge in [0, 0.05) is 24.3 Å². The minimum atomic E-state index is -3.87. The van der Waals surface area contributed by atoms with Gasteiger partial charge in [0.25, 0.3) is 0 Å². The van der Waals surface area contributed by atoms with E-state index in [-0.39, 0.29) is 28.0 Å². The zero-order valence-corrected chi connectivity index (χ0v) is 17.7. The van der Waals surface area contributed by atoms with Gasteiger partial charge in [-0.05, 0) is 35.9 Å². The van der Waals surface area contributed by atoms with Crippen molar-refractivity contribution in [2.75, 3.05) is 5.32 Å². The topological polar surface area (TPSA) is 102 Å². The highest BCUT2D eigenvalue weighted by molar-refractivity contribution is 7.91. The van der Waals surface area contributed by atoms with Crippen molar-refractivity contribution in [3.8, 4) is 0 Å². The first-order chi connectivity index (χ1) is 14.6. The van der Waals surface area contributed by atoms with Crippen LogP contribution in [0, 0.1) is 0 Å². The van der Waals surface area contributed by atoms with Gasteiger partial charge in [-0.15, -0.1) is 17.5 Å². The molecule has 10 heteroatoms. The van der Waals surface area contributed by atoms with E-state index in [1.165, 1.54) is 16.6 Å². The van der Waals surface area contributed by atoms with E-state index in [1.54, 1.807) is 30.6 Å². The quantitative estimate of drug-likeness (QED) is 0.435. The summed E-state index contributed by atoms with van der Waals surface area (Å²) in [6.07, 6.45) is 3.47. The number of rotatable bonds is 5. The zero-order valence-electron chi connectivity index (χ0n) is 16.1. The summed E-state index contributed by atoms with van der Waals surface area (Å²) in [7, 11) is -3.87. The normalized spacial score (nSPS) is 11.4. The molecule has 31 heavy (non-hydrogen) atoms. The molecule has 0 aliphatic heterocycles. The molecular formula is C21H17ClN6O2S. The molecule has 0 saturated heterocycles. The monoisotopic (exact) mass is 452 g/mol. The summed E-state index contributed by atoms with van der Waals surface area (Å²) in [6, 6.07) is 19.5. The van der Waals surface area contributed by atoms with Crippen molar-refractivity contribution in [2.45, 2.75) is 16.5 Å². The summed E-state index contributed by atoms with van der Waals surface area (Å²) in [4.78, 5) is 8.86. The predicted molar refractivity (Wildman–Crippen MR) is 119 cm³/mol. The van der Waals surface area contributed by atoms with E-state index in [0.29, 0.717) is 17.9 Å². The van der Waals surface area contributed by atoms with Crippen molar-refractivity contribution < 1.29 is 8.42 Å². The molecule has 2 aromatic carbocycles. The molecule has 0 amide bonds. The molecule has 0 radical (unpaired) electrons. The number of aromatic nitrogens is 5. The highest BCUT2D eigenvalue weighted by Gasteiger charge is 2.26. The van der Waals surface area contributed by atoms with E-state index >= 15 is 0 Å². The van der Waals surface area contributed by atoms with Gasteiger partial charge in [0.15, 0.2) is 5.65 Å². The minimum absolute atomic E-state index is 0. The van der Waals surface area contributed by atoms with Gasteiger partial charge in [-0.2, -0.15) is 4.52 Å². The number of benzene rings is 2. The maximum atomic E-state index is 13.2. The maximum Gasteiger partial charge on any atom is 0.229 e. The summed E-state index contributed by atoms with van der Waals surface area (Å²) in [5.74, 6) is 0.550. The zero-order chi connectivity index (χ0) is 20.6. The number of halogens is 1. The Morgan fingerprint density at radius 3 is 2.48 bits per heavy atom. The number of hydrogen-bond donors (Lipinski definition) is 1. The lowest BCUT2D eigenvalue weighted by atomic mass is 10.2. The first kappa shape index (κ1) is 20.7. The molecule has 0 saturated carbocycles. The molecular weight excluding hydrogens is 436 g/mol. The highest BCUT2D eigenvalue weighted by atomic mass is 35.5. The molecule has 3 aromatic heterocycles. The first-order valence-corrected chi connectivity index (χ1v) is 10.7. The van der Waals surface area contributed by atoms with E-state index < -0.39 is 9.84 Å². The van der Waals surface area contributed by atoms with Crippen LogP contribution in [0.5, 0.6) is 0 Å². The largest absolute Gasteiger partial charge is 0.365 e. The molecule has 0 bridgehead atoms. The average molecular weight is 453 g/mol. The third-order valence-electron chi connectivity index (χ3n) is 4.71. The van der Waals surface area contributed by atoms with Crippen molar-refractivity contribution in [3.63, 3.8) is 0 Å². The Hall–Kier alpha value is -3.56. The second-order valence-corrected chi connectivity index (χ2v) is 8.50. The summed E-state index contributed by atoms with van der Waals surface area (Å²) < 4.78 is 27.8. The Morgan fingerprint density at radius 2 is 1.71 bits per heavy atom. The molecule has 0 atom stereocenters. The predicted octanol–water partition coefficient (Wildman–Crippen LogP) is 3.54. The fourth-order valence-electron chi connectivity index (χ4n) is 3.25. The Kier molecular flexibility index (Phi) is 5.53. The molecule has 0 aliphatic carbocycles. The number of anilines is 1. The number of sulfone groups is 1. The lowest BCUT2D eigenvalue weighted by molar-refractivity contribution is 0.592. The lowest BCUT2D eigenvalue weighted by Gasteiger charge is -2.10. The molecule has 156 valence electrons. The SMILES string of the molecule is Cl.O=S(=O)(c1ccccc1)c1nnn2c1nc(NCc1cccnc1)c1ccccc12. The number of para-hydroxylation sites is 1. The van der Waals surface area contributed by atoms with Gasteiger partial charge in [0.1, 0.15) is 5.82 Å². The molecule has 0 aliphatic rings. The number of fused-ring (bicyclic) bond motifs is 3. The third-order valence-corrected chi connectivity index (χ3v) is 6.38. The Balaban J connectivity index is 0.00000231. The van der Waals surface area contributed by atoms with Crippen molar-refractivity contribution in [1.29, 1.82) is 0 Å². The summed E-state index contributed by atoms with van der Waals surface area (Å²) in [6.45, 7) is 0.489. The van der Waals surface area contributed by atoms with Gasteiger partial charge in [-0.1, -0.05) is 41.6 Å². The summed E-state index contributed by atoms with van der Waals surface area (Å²) >= 11 is 0. The van der Waals surface area contributed by atoms with E-state index in [4.69, 9.17) is 0 Å². The Bertz CT molecular complexity index is 1460. The number of pyridine rings is 1. The smallest absolute Gasteiger partial charge is 0.229 e. The number of hydrogen-bond acceptors (Lipinski definition) is 7. The van der Waals surface area contributed by atoms with Gasteiger partial charge in [0.2, 0.25) is 14.9 Å². The third kappa shape index (κ3) is 3.69. The standard InChI is InChI=1S/C21H16N6O2S.ClH/c28-30(29,16-8-2-1-3-9-16)21-20-24-19(23-14-15-7-6-12-22-13-15)17-10-4-5-11-18(17)27(20)26-25-21;/h1-13H,14H2,(H,23,24);1H. The molecule has 0 spiro atoms. The average Bonchev–Trinajstić information content (AvgIpc) is 3.24. The van der Waals surface area contributed by atoms with Crippen LogP contribution in [0.4, 0.5) is 5.82 Å². The molecule has 3 heterocycles. The summed E-state index contributed by atoms with van der Waals surface area (Å²) in [5.41, 5.74) is 1.86. The lowest BCUT2D eigenvalue weighted by Crippen LogP contribution is -2.07.